The predicted molar refractivity (Wildman–Crippen MR) is 70.2 cm³/mol. The average molecular weight is 233 g/mol. The average Bonchev–Trinajstić information content (AvgIpc) is 2.28. The van der Waals surface area contributed by atoms with Gasteiger partial charge in [-0.15, -0.1) is 0 Å². The van der Waals surface area contributed by atoms with Crippen LogP contribution in [0.4, 0.5) is 5.69 Å². The van der Waals surface area contributed by atoms with Gasteiger partial charge >= 0.3 is 0 Å². The number of hydrogen-bond donors (Lipinski definition) is 2. The number of anilines is 1. The Morgan fingerprint density at radius 3 is 2.41 bits per heavy atom. The Bertz CT molecular complexity index is 411. The summed E-state index contributed by atoms with van der Waals surface area (Å²) in [5.74, 6) is 0.0163. The number of nitrogens with zero attached hydrogens (tertiary/aromatic N) is 1. The standard InChI is InChI=1S/C13H19N3O/c1-9(16(3)10(2)17)8-13(15)11-4-6-12(14)7-5-11/h4-7,9,15H,8,14H2,1-3H3/t9-/m0/s1. The number of rotatable bonds is 4. The van der Waals surface area contributed by atoms with E-state index in [2.05, 4.69) is 0 Å². The van der Waals surface area contributed by atoms with Crippen LogP contribution in [-0.2, 0) is 4.79 Å². The number of nitrogens with two attached hydrogens (primary N) is 1. The van der Waals surface area contributed by atoms with Crippen LogP contribution in [0.2, 0.25) is 0 Å². The lowest BCUT2D eigenvalue weighted by atomic mass is 10.0. The van der Waals surface area contributed by atoms with Gasteiger partial charge in [0.2, 0.25) is 5.91 Å². The molecule has 92 valence electrons. The van der Waals surface area contributed by atoms with Gasteiger partial charge in [0.15, 0.2) is 0 Å². The van der Waals surface area contributed by atoms with Crippen LogP contribution in [0.3, 0.4) is 0 Å². The maximum atomic E-state index is 11.2. The third-order valence-electron chi connectivity index (χ3n) is 2.92. The van der Waals surface area contributed by atoms with E-state index in [0.717, 1.165) is 5.56 Å². The van der Waals surface area contributed by atoms with Gasteiger partial charge in [0.25, 0.3) is 0 Å². The Balaban J connectivity index is 2.66. The molecule has 4 heteroatoms. The van der Waals surface area contributed by atoms with Crippen molar-refractivity contribution in [1.82, 2.24) is 4.90 Å². The van der Waals surface area contributed by atoms with E-state index in [1.165, 1.54) is 6.92 Å². The molecular weight excluding hydrogens is 214 g/mol. The smallest absolute Gasteiger partial charge is 0.219 e. The Labute approximate surface area is 102 Å². The van der Waals surface area contributed by atoms with Gasteiger partial charge in [-0.1, -0.05) is 12.1 Å². The monoisotopic (exact) mass is 233 g/mol. The first kappa shape index (κ1) is 13.2. The first-order chi connectivity index (χ1) is 7.91. The molecule has 0 fully saturated rings. The van der Waals surface area contributed by atoms with E-state index in [1.54, 1.807) is 24.1 Å². The van der Waals surface area contributed by atoms with Gasteiger partial charge in [-0.3, -0.25) is 4.79 Å². The Hall–Kier alpha value is -1.84. The highest BCUT2D eigenvalue weighted by Gasteiger charge is 2.14. The molecule has 0 saturated heterocycles. The van der Waals surface area contributed by atoms with Gasteiger partial charge in [-0.2, -0.15) is 0 Å². The minimum Gasteiger partial charge on any atom is -0.399 e. The molecule has 0 unspecified atom stereocenters. The molecular formula is C13H19N3O. The Kier molecular flexibility index (Phi) is 4.26. The minimum absolute atomic E-state index is 0.0163. The summed E-state index contributed by atoms with van der Waals surface area (Å²) in [6.45, 7) is 3.47. The van der Waals surface area contributed by atoms with E-state index in [0.29, 0.717) is 17.8 Å². The van der Waals surface area contributed by atoms with E-state index in [4.69, 9.17) is 11.1 Å². The van der Waals surface area contributed by atoms with Gasteiger partial charge in [0, 0.05) is 37.8 Å². The maximum Gasteiger partial charge on any atom is 0.219 e. The van der Waals surface area contributed by atoms with E-state index in [-0.39, 0.29) is 11.9 Å². The molecule has 0 bridgehead atoms. The molecule has 1 rings (SSSR count). The Morgan fingerprint density at radius 2 is 1.94 bits per heavy atom. The quantitative estimate of drug-likeness (QED) is 0.616. The van der Waals surface area contributed by atoms with E-state index in [1.807, 2.05) is 19.1 Å². The lowest BCUT2D eigenvalue weighted by Gasteiger charge is -2.23. The summed E-state index contributed by atoms with van der Waals surface area (Å²) in [4.78, 5) is 12.8. The lowest BCUT2D eigenvalue weighted by Crippen LogP contribution is -2.34. The summed E-state index contributed by atoms with van der Waals surface area (Å²) in [5.41, 5.74) is 7.65. The largest absolute Gasteiger partial charge is 0.399 e. The van der Waals surface area contributed by atoms with Crippen LogP contribution < -0.4 is 5.73 Å². The summed E-state index contributed by atoms with van der Waals surface area (Å²) in [5, 5.41) is 7.99. The number of hydrogen-bond acceptors (Lipinski definition) is 3. The molecule has 0 saturated carbocycles. The SMILES string of the molecule is CC(=O)N(C)[C@@H](C)CC(=N)c1ccc(N)cc1. The van der Waals surface area contributed by atoms with Crippen molar-refractivity contribution in [2.75, 3.05) is 12.8 Å². The van der Waals surface area contributed by atoms with Gasteiger partial charge in [-0.25, -0.2) is 0 Å². The van der Waals surface area contributed by atoms with Crippen LogP contribution >= 0.6 is 0 Å². The fourth-order valence-electron chi connectivity index (χ4n) is 1.54. The molecule has 1 atom stereocenters. The van der Waals surface area contributed by atoms with E-state index >= 15 is 0 Å². The van der Waals surface area contributed by atoms with Crippen molar-refractivity contribution in [3.05, 3.63) is 29.8 Å². The topological polar surface area (TPSA) is 70.2 Å². The van der Waals surface area contributed by atoms with Crippen molar-refractivity contribution < 1.29 is 4.79 Å². The third kappa shape index (κ3) is 3.59. The van der Waals surface area contributed by atoms with Crippen molar-refractivity contribution in [2.45, 2.75) is 26.3 Å². The number of carbonyl (C=O) groups is 1. The molecule has 17 heavy (non-hydrogen) atoms. The molecule has 0 aromatic heterocycles. The fraction of sp³-hybridized carbons (Fsp3) is 0.385. The summed E-state index contributed by atoms with van der Waals surface area (Å²) >= 11 is 0. The van der Waals surface area contributed by atoms with Gasteiger partial charge in [0.1, 0.15) is 0 Å². The molecule has 4 nitrogen and oxygen atoms in total. The second kappa shape index (κ2) is 5.48. The molecule has 0 aliphatic rings. The second-order valence-corrected chi connectivity index (χ2v) is 4.28. The molecule has 0 spiro atoms. The molecule has 0 aliphatic carbocycles. The summed E-state index contributed by atoms with van der Waals surface area (Å²) in [6, 6.07) is 7.25. The van der Waals surface area contributed by atoms with Gasteiger partial charge < -0.3 is 16.0 Å². The highest BCUT2D eigenvalue weighted by atomic mass is 16.2. The first-order valence-corrected chi connectivity index (χ1v) is 5.58. The summed E-state index contributed by atoms with van der Waals surface area (Å²) < 4.78 is 0. The fourth-order valence-corrected chi connectivity index (χ4v) is 1.54. The zero-order valence-corrected chi connectivity index (χ0v) is 10.5. The Morgan fingerprint density at radius 1 is 1.41 bits per heavy atom. The van der Waals surface area contributed by atoms with Crippen molar-refractivity contribution in [3.8, 4) is 0 Å². The number of nitrogens with one attached hydrogen (secondary N) is 1. The van der Waals surface area contributed by atoms with Gasteiger partial charge in [0.05, 0.1) is 0 Å². The second-order valence-electron chi connectivity index (χ2n) is 4.28. The van der Waals surface area contributed by atoms with Gasteiger partial charge in [-0.05, 0) is 24.6 Å². The third-order valence-corrected chi connectivity index (χ3v) is 2.92. The van der Waals surface area contributed by atoms with E-state index < -0.39 is 0 Å². The normalized spacial score (nSPS) is 11.9. The number of carbonyl (C=O) groups excluding carboxylic acids is 1. The first-order valence-electron chi connectivity index (χ1n) is 5.58. The highest BCUT2D eigenvalue weighted by molar-refractivity contribution is 5.98. The molecule has 3 N–H and O–H groups in total. The van der Waals surface area contributed by atoms with Crippen LogP contribution in [0.25, 0.3) is 0 Å². The molecule has 0 heterocycles. The van der Waals surface area contributed by atoms with Crippen LogP contribution in [0.15, 0.2) is 24.3 Å². The van der Waals surface area contributed by atoms with Crippen molar-refractivity contribution in [3.63, 3.8) is 0 Å². The van der Waals surface area contributed by atoms with Crippen molar-refractivity contribution >= 4 is 17.3 Å². The van der Waals surface area contributed by atoms with E-state index in [9.17, 15) is 4.79 Å². The van der Waals surface area contributed by atoms with Crippen molar-refractivity contribution in [2.24, 2.45) is 0 Å². The molecule has 1 aromatic rings. The maximum absolute atomic E-state index is 11.2. The molecule has 1 amide bonds. The van der Waals surface area contributed by atoms with Crippen LogP contribution in [-0.4, -0.2) is 29.6 Å². The van der Waals surface area contributed by atoms with Crippen LogP contribution in [0.5, 0.6) is 0 Å². The molecule has 0 aliphatic heterocycles. The minimum atomic E-state index is 0.0163. The zero-order chi connectivity index (χ0) is 13.0. The van der Waals surface area contributed by atoms with Crippen molar-refractivity contribution in [1.29, 1.82) is 5.41 Å². The molecule has 0 radical (unpaired) electrons. The number of benzene rings is 1. The highest BCUT2D eigenvalue weighted by Crippen LogP contribution is 2.11. The summed E-state index contributed by atoms with van der Waals surface area (Å²) in [6.07, 6.45) is 0.542. The summed E-state index contributed by atoms with van der Waals surface area (Å²) in [7, 11) is 1.75. The number of amides is 1. The number of nitrogen functional groups attached to an aromatic ring is 1. The van der Waals surface area contributed by atoms with Crippen LogP contribution in [0, 0.1) is 5.41 Å². The molecule has 1 aromatic carbocycles. The lowest BCUT2D eigenvalue weighted by molar-refractivity contribution is -0.129. The zero-order valence-electron chi connectivity index (χ0n) is 10.5. The predicted octanol–water partition coefficient (Wildman–Crippen LogP) is 1.89. The van der Waals surface area contributed by atoms with Crippen LogP contribution in [0.1, 0.15) is 25.8 Å².